The third-order valence-electron chi connectivity index (χ3n) is 3.20. The number of nitrogens with one attached hydrogen (secondary N) is 1. The van der Waals surface area contributed by atoms with Gasteiger partial charge in [0, 0.05) is 30.6 Å². The van der Waals surface area contributed by atoms with Crippen molar-refractivity contribution < 1.29 is 9.72 Å². The number of hydrogen-bond donors (Lipinski definition) is 1. The van der Waals surface area contributed by atoms with Gasteiger partial charge in [0.1, 0.15) is 0 Å². The topological polar surface area (TPSA) is 75.5 Å². The number of likely N-dealkylation sites (tertiary alicyclic amines) is 1. The van der Waals surface area contributed by atoms with Crippen molar-refractivity contribution in [3.8, 4) is 0 Å². The highest BCUT2D eigenvalue weighted by Gasteiger charge is 2.24. The van der Waals surface area contributed by atoms with E-state index < -0.39 is 4.92 Å². The molecular formula is C11H15N3O3S. The first-order valence-electron chi connectivity index (χ1n) is 5.81. The van der Waals surface area contributed by atoms with Gasteiger partial charge in [0.15, 0.2) is 0 Å². The minimum Gasteiger partial charge on any atom is -0.339 e. The first-order valence-corrected chi connectivity index (χ1v) is 6.69. The van der Waals surface area contributed by atoms with Crippen LogP contribution in [0, 0.1) is 10.1 Å². The molecule has 6 nitrogen and oxygen atoms in total. The lowest BCUT2D eigenvalue weighted by Gasteiger charge is -2.31. The SMILES string of the molecule is CNC1CCN(C(=O)c2csc([N+](=O)[O-])c2)CC1. The van der Waals surface area contributed by atoms with E-state index in [0.717, 1.165) is 24.2 Å². The maximum absolute atomic E-state index is 12.1. The third-order valence-corrected chi connectivity index (χ3v) is 4.08. The van der Waals surface area contributed by atoms with E-state index in [1.165, 1.54) is 6.07 Å². The molecule has 0 unspecified atom stereocenters. The molecule has 2 heterocycles. The summed E-state index contributed by atoms with van der Waals surface area (Å²) in [5.74, 6) is -0.103. The van der Waals surface area contributed by atoms with Gasteiger partial charge in [-0.1, -0.05) is 11.3 Å². The molecule has 98 valence electrons. The van der Waals surface area contributed by atoms with Gasteiger partial charge >= 0.3 is 5.00 Å². The summed E-state index contributed by atoms with van der Waals surface area (Å²) in [5, 5.41) is 15.4. The normalized spacial score (nSPS) is 16.8. The second-order valence-corrected chi connectivity index (χ2v) is 5.18. The van der Waals surface area contributed by atoms with Gasteiger partial charge < -0.3 is 10.2 Å². The molecule has 1 aromatic rings. The summed E-state index contributed by atoms with van der Waals surface area (Å²) in [4.78, 5) is 24.0. The highest BCUT2D eigenvalue weighted by atomic mass is 32.1. The van der Waals surface area contributed by atoms with Gasteiger partial charge in [-0.2, -0.15) is 0 Å². The van der Waals surface area contributed by atoms with Crippen LogP contribution in [-0.2, 0) is 0 Å². The van der Waals surface area contributed by atoms with Crippen molar-refractivity contribution in [2.45, 2.75) is 18.9 Å². The number of piperidine rings is 1. The zero-order valence-corrected chi connectivity index (χ0v) is 10.9. The predicted molar refractivity (Wildman–Crippen MR) is 69.0 cm³/mol. The molecule has 1 N–H and O–H groups in total. The van der Waals surface area contributed by atoms with Crippen LogP contribution in [0.25, 0.3) is 0 Å². The Balaban J connectivity index is 2.01. The van der Waals surface area contributed by atoms with Crippen LogP contribution in [0.15, 0.2) is 11.4 Å². The molecule has 1 aliphatic heterocycles. The Hall–Kier alpha value is -1.47. The second-order valence-electron chi connectivity index (χ2n) is 4.29. The smallest absolute Gasteiger partial charge is 0.324 e. The lowest BCUT2D eigenvalue weighted by Crippen LogP contribution is -2.43. The van der Waals surface area contributed by atoms with E-state index in [-0.39, 0.29) is 10.9 Å². The van der Waals surface area contributed by atoms with E-state index in [9.17, 15) is 14.9 Å². The third kappa shape index (κ3) is 2.68. The molecule has 0 atom stereocenters. The summed E-state index contributed by atoms with van der Waals surface area (Å²) in [6.45, 7) is 1.40. The summed E-state index contributed by atoms with van der Waals surface area (Å²) in [6.07, 6.45) is 1.85. The van der Waals surface area contributed by atoms with Gasteiger partial charge in [-0.25, -0.2) is 0 Å². The number of hydrogen-bond acceptors (Lipinski definition) is 5. The Morgan fingerprint density at radius 2 is 2.22 bits per heavy atom. The Bertz CT molecular complexity index is 452. The molecule has 0 saturated carbocycles. The van der Waals surface area contributed by atoms with Crippen LogP contribution in [0.1, 0.15) is 23.2 Å². The highest BCUT2D eigenvalue weighted by Crippen LogP contribution is 2.24. The molecule has 0 spiro atoms. The Morgan fingerprint density at radius 1 is 1.56 bits per heavy atom. The van der Waals surface area contributed by atoms with Crippen molar-refractivity contribution in [1.82, 2.24) is 10.2 Å². The number of rotatable bonds is 3. The summed E-state index contributed by atoms with van der Waals surface area (Å²) < 4.78 is 0. The monoisotopic (exact) mass is 269 g/mol. The average molecular weight is 269 g/mol. The van der Waals surface area contributed by atoms with E-state index in [1.807, 2.05) is 7.05 Å². The fourth-order valence-electron chi connectivity index (χ4n) is 2.09. The number of nitro groups is 1. The minimum atomic E-state index is -0.464. The van der Waals surface area contributed by atoms with Gasteiger partial charge in [0.05, 0.1) is 10.5 Å². The van der Waals surface area contributed by atoms with Crippen molar-refractivity contribution in [1.29, 1.82) is 0 Å². The van der Waals surface area contributed by atoms with Crippen molar-refractivity contribution in [3.05, 3.63) is 27.1 Å². The van der Waals surface area contributed by atoms with Crippen molar-refractivity contribution in [2.24, 2.45) is 0 Å². The second kappa shape index (κ2) is 5.45. The van der Waals surface area contributed by atoms with Crippen LogP contribution in [0.4, 0.5) is 5.00 Å². The predicted octanol–water partition coefficient (Wildman–Crippen LogP) is 1.48. The molecule has 1 amide bonds. The van der Waals surface area contributed by atoms with Crippen LogP contribution in [0.3, 0.4) is 0 Å². The number of thiophene rings is 1. The van der Waals surface area contributed by atoms with Gasteiger partial charge in [0.25, 0.3) is 5.91 Å². The van der Waals surface area contributed by atoms with Gasteiger partial charge in [-0.3, -0.25) is 14.9 Å². The van der Waals surface area contributed by atoms with Crippen molar-refractivity contribution in [3.63, 3.8) is 0 Å². The number of nitrogens with zero attached hydrogens (tertiary/aromatic N) is 2. The van der Waals surface area contributed by atoms with Gasteiger partial charge in [-0.05, 0) is 19.9 Å². The standard InChI is InChI=1S/C11H15N3O3S/c1-12-9-2-4-13(5-3-9)11(15)8-6-10(14(16)17)18-7-8/h6-7,9,12H,2-5H2,1H3. The first-order chi connectivity index (χ1) is 8.61. The van der Waals surface area contributed by atoms with E-state index in [0.29, 0.717) is 24.7 Å². The summed E-state index contributed by atoms with van der Waals surface area (Å²) in [6, 6.07) is 1.82. The summed E-state index contributed by atoms with van der Waals surface area (Å²) in [5.41, 5.74) is 0.426. The van der Waals surface area contributed by atoms with E-state index in [4.69, 9.17) is 0 Å². The molecule has 0 radical (unpaired) electrons. The molecule has 1 aromatic heterocycles. The number of carbonyl (C=O) groups is 1. The number of carbonyl (C=O) groups excluding carboxylic acids is 1. The molecule has 1 fully saturated rings. The minimum absolute atomic E-state index is 0.0171. The average Bonchev–Trinajstić information content (AvgIpc) is 2.88. The Labute approximate surface area is 109 Å². The molecule has 0 aliphatic carbocycles. The fourth-order valence-corrected chi connectivity index (χ4v) is 2.78. The zero-order valence-electron chi connectivity index (χ0n) is 10.1. The van der Waals surface area contributed by atoms with E-state index >= 15 is 0 Å². The highest BCUT2D eigenvalue weighted by molar-refractivity contribution is 7.13. The molecule has 2 rings (SSSR count). The van der Waals surface area contributed by atoms with Crippen LogP contribution < -0.4 is 5.32 Å². The molecule has 1 aliphatic rings. The van der Waals surface area contributed by atoms with Crippen LogP contribution in [0.2, 0.25) is 0 Å². The van der Waals surface area contributed by atoms with Crippen molar-refractivity contribution >= 4 is 22.2 Å². The molecule has 0 aromatic carbocycles. The quantitative estimate of drug-likeness (QED) is 0.666. The fraction of sp³-hybridized carbons (Fsp3) is 0.545. The molecule has 18 heavy (non-hydrogen) atoms. The summed E-state index contributed by atoms with van der Waals surface area (Å²) >= 11 is 0.996. The van der Waals surface area contributed by atoms with Crippen molar-refractivity contribution in [2.75, 3.05) is 20.1 Å². The molecule has 7 heteroatoms. The maximum atomic E-state index is 12.1. The Morgan fingerprint density at radius 3 is 2.72 bits per heavy atom. The van der Waals surface area contributed by atoms with Crippen LogP contribution in [0.5, 0.6) is 0 Å². The van der Waals surface area contributed by atoms with Crippen LogP contribution in [-0.4, -0.2) is 41.9 Å². The lowest BCUT2D eigenvalue weighted by molar-refractivity contribution is -0.380. The van der Waals surface area contributed by atoms with E-state index in [1.54, 1.807) is 10.3 Å². The van der Waals surface area contributed by atoms with Gasteiger partial charge in [0.2, 0.25) is 0 Å². The Kier molecular flexibility index (Phi) is 3.93. The lowest BCUT2D eigenvalue weighted by atomic mass is 10.0. The molecular weight excluding hydrogens is 254 g/mol. The van der Waals surface area contributed by atoms with E-state index in [2.05, 4.69) is 5.32 Å². The van der Waals surface area contributed by atoms with Crippen LogP contribution >= 0.6 is 11.3 Å². The zero-order chi connectivity index (χ0) is 13.1. The largest absolute Gasteiger partial charge is 0.339 e. The molecule has 1 saturated heterocycles. The summed E-state index contributed by atoms with van der Waals surface area (Å²) in [7, 11) is 1.92. The van der Waals surface area contributed by atoms with Gasteiger partial charge in [-0.15, -0.1) is 0 Å². The first kappa shape index (κ1) is 13.0. The maximum Gasteiger partial charge on any atom is 0.324 e. The number of amides is 1. The molecule has 0 bridgehead atoms.